The van der Waals surface area contributed by atoms with Gasteiger partial charge in [0, 0.05) is 5.56 Å². The molecule has 1 heterocycles. The number of amides is 2. The molecule has 130 valence electrons. The fourth-order valence-corrected chi connectivity index (χ4v) is 2.29. The van der Waals surface area contributed by atoms with Crippen molar-refractivity contribution in [2.24, 2.45) is 0 Å². The predicted octanol–water partition coefficient (Wildman–Crippen LogP) is 2.30. The maximum Gasteiger partial charge on any atom is 0.279 e. The van der Waals surface area contributed by atoms with Crippen LogP contribution in [0.1, 0.15) is 17.3 Å². The van der Waals surface area contributed by atoms with Crippen molar-refractivity contribution < 1.29 is 23.8 Å². The smallest absolute Gasteiger partial charge is 0.279 e. The van der Waals surface area contributed by atoms with Crippen molar-refractivity contribution in [1.82, 2.24) is 10.9 Å². The molecular weight excluding hydrogens is 348 g/mol. The van der Waals surface area contributed by atoms with Gasteiger partial charge in [0.15, 0.2) is 17.6 Å². The summed E-state index contributed by atoms with van der Waals surface area (Å²) < 4.78 is 15.9. The van der Waals surface area contributed by atoms with E-state index in [0.717, 1.165) is 0 Å². The van der Waals surface area contributed by atoms with Gasteiger partial charge in [0.2, 0.25) is 6.79 Å². The highest BCUT2D eigenvalue weighted by Crippen LogP contribution is 2.32. The van der Waals surface area contributed by atoms with Gasteiger partial charge in [-0.2, -0.15) is 0 Å². The second-order valence-electron chi connectivity index (χ2n) is 5.20. The Hall–Kier alpha value is -2.93. The molecule has 1 unspecified atom stereocenters. The summed E-state index contributed by atoms with van der Waals surface area (Å²) in [5, 5.41) is 0.395. The lowest BCUT2D eigenvalue weighted by Crippen LogP contribution is -2.47. The van der Waals surface area contributed by atoms with Gasteiger partial charge in [0.1, 0.15) is 5.75 Å². The zero-order valence-electron chi connectivity index (χ0n) is 13.2. The van der Waals surface area contributed by atoms with E-state index in [1.165, 1.54) is 6.07 Å². The number of carbonyl (C=O) groups is 2. The summed E-state index contributed by atoms with van der Waals surface area (Å²) in [7, 11) is 0. The van der Waals surface area contributed by atoms with Gasteiger partial charge >= 0.3 is 0 Å². The molecule has 2 amide bonds. The average Bonchev–Trinajstić information content (AvgIpc) is 3.08. The van der Waals surface area contributed by atoms with Crippen LogP contribution in [0.3, 0.4) is 0 Å². The van der Waals surface area contributed by atoms with Crippen LogP contribution in [0.25, 0.3) is 0 Å². The Balaban J connectivity index is 1.54. The first-order valence-corrected chi connectivity index (χ1v) is 7.83. The summed E-state index contributed by atoms with van der Waals surface area (Å²) in [6.07, 6.45) is -0.850. The molecule has 25 heavy (non-hydrogen) atoms. The summed E-state index contributed by atoms with van der Waals surface area (Å²) in [6, 6.07) is 11.5. The van der Waals surface area contributed by atoms with Gasteiger partial charge in [-0.15, -0.1) is 0 Å². The quantitative estimate of drug-likeness (QED) is 0.815. The van der Waals surface area contributed by atoms with Crippen LogP contribution in [0.2, 0.25) is 5.02 Å². The molecule has 0 spiro atoms. The van der Waals surface area contributed by atoms with Crippen LogP contribution in [0.4, 0.5) is 0 Å². The first kappa shape index (κ1) is 16.9. The predicted molar refractivity (Wildman–Crippen MR) is 89.7 cm³/mol. The lowest BCUT2D eigenvalue weighted by Gasteiger charge is -2.16. The van der Waals surface area contributed by atoms with Crippen molar-refractivity contribution in [1.29, 1.82) is 0 Å². The van der Waals surface area contributed by atoms with E-state index in [1.54, 1.807) is 43.3 Å². The topological polar surface area (TPSA) is 85.9 Å². The first-order chi connectivity index (χ1) is 12.0. The Bertz CT molecular complexity index is 811. The van der Waals surface area contributed by atoms with Crippen LogP contribution >= 0.6 is 11.6 Å². The molecule has 0 saturated heterocycles. The highest BCUT2D eigenvalue weighted by molar-refractivity contribution is 6.32. The standard InChI is InChI=1S/C17H15ClN2O5/c1-10(25-13-5-3-2-4-12(13)18)16(21)19-20-17(22)11-6-7-14-15(8-11)24-9-23-14/h2-8,10H,9H2,1H3,(H,19,21)(H,20,22). The van der Waals surface area contributed by atoms with Crippen LogP contribution in [0.15, 0.2) is 42.5 Å². The van der Waals surface area contributed by atoms with Crippen molar-refractivity contribution in [2.45, 2.75) is 13.0 Å². The lowest BCUT2D eigenvalue weighted by atomic mass is 10.2. The van der Waals surface area contributed by atoms with E-state index in [4.69, 9.17) is 25.8 Å². The maximum absolute atomic E-state index is 12.1. The number of hydrogen-bond acceptors (Lipinski definition) is 5. The molecule has 2 aromatic rings. The third kappa shape index (κ3) is 3.95. The van der Waals surface area contributed by atoms with Gasteiger partial charge in [0.05, 0.1) is 5.02 Å². The van der Waals surface area contributed by atoms with E-state index < -0.39 is 17.9 Å². The minimum atomic E-state index is -0.850. The second-order valence-corrected chi connectivity index (χ2v) is 5.61. The second kappa shape index (κ2) is 7.31. The maximum atomic E-state index is 12.1. The van der Waals surface area contributed by atoms with Crippen LogP contribution < -0.4 is 25.1 Å². The van der Waals surface area contributed by atoms with Crippen molar-refractivity contribution >= 4 is 23.4 Å². The summed E-state index contributed by atoms with van der Waals surface area (Å²) in [5.74, 6) is 0.427. The largest absolute Gasteiger partial charge is 0.479 e. The van der Waals surface area contributed by atoms with Crippen LogP contribution in [-0.4, -0.2) is 24.7 Å². The number of para-hydroxylation sites is 1. The molecule has 1 atom stereocenters. The van der Waals surface area contributed by atoms with Crippen LogP contribution in [-0.2, 0) is 4.79 Å². The van der Waals surface area contributed by atoms with Crippen molar-refractivity contribution in [3.05, 3.63) is 53.1 Å². The van der Waals surface area contributed by atoms with E-state index in [-0.39, 0.29) is 6.79 Å². The molecule has 1 aliphatic rings. The number of benzene rings is 2. The molecule has 0 aromatic heterocycles. The third-order valence-corrected chi connectivity index (χ3v) is 3.76. The summed E-state index contributed by atoms with van der Waals surface area (Å²) in [4.78, 5) is 24.1. The average molecular weight is 363 g/mol. The van der Waals surface area contributed by atoms with Crippen molar-refractivity contribution in [2.75, 3.05) is 6.79 Å². The number of ether oxygens (including phenoxy) is 3. The van der Waals surface area contributed by atoms with Gasteiger partial charge in [0.25, 0.3) is 11.8 Å². The lowest BCUT2D eigenvalue weighted by molar-refractivity contribution is -0.128. The molecule has 7 nitrogen and oxygen atoms in total. The molecule has 0 aliphatic carbocycles. The van der Waals surface area contributed by atoms with Gasteiger partial charge in [-0.05, 0) is 37.3 Å². The third-order valence-electron chi connectivity index (χ3n) is 3.44. The molecule has 2 aromatic carbocycles. The molecular formula is C17H15ClN2O5. The van der Waals surface area contributed by atoms with Gasteiger partial charge in [-0.1, -0.05) is 23.7 Å². The first-order valence-electron chi connectivity index (χ1n) is 7.45. The zero-order valence-corrected chi connectivity index (χ0v) is 14.0. The molecule has 3 rings (SSSR count). The molecule has 0 saturated carbocycles. The highest BCUT2D eigenvalue weighted by Gasteiger charge is 2.19. The minimum Gasteiger partial charge on any atom is -0.479 e. The molecule has 2 N–H and O–H groups in total. The van der Waals surface area contributed by atoms with E-state index >= 15 is 0 Å². The van der Waals surface area contributed by atoms with Gasteiger partial charge in [-0.3, -0.25) is 20.4 Å². The Labute approximate surface area is 148 Å². The number of hydrazine groups is 1. The van der Waals surface area contributed by atoms with Gasteiger partial charge in [-0.25, -0.2) is 0 Å². The summed E-state index contributed by atoms with van der Waals surface area (Å²) in [5.41, 5.74) is 4.96. The molecule has 0 bridgehead atoms. The van der Waals surface area contributed by atoms with E-state index in [0.29, 0.717) is 27.8 Å². The van der Waals surface area contributed by atoms with Crippen molar-refractivity contribution in [3.8, 4) is 17.2 Å². The normalized spacial score (nSPS) is 13.0. The monoisotopic (exact) mass is 362 g/mol. The zero-order chi connectivity index (χ0) is 17.8. The Morgan fingerprint density at radius 2 is 1.88 bits per heavy atom. The van der Waals surface area contributed by atoms with Crippen LogP contribution in [0, 0.1) is 0 Å². The Kier molecular flexibility index (Phi) is 4.95. The van der Waals surface area contributed by atoms with Gasteiger partial charge < -0.3 is 14.2 Å². The fraction of sp³-hybridized carbons (Fsp3) is 0.176. The van der Waals surface area contributed by atoms with E-state index in [1.807, 2.05) is 0 Å². The van der Waals surface area contributed by atoms with Crippen molar-refractivity contribution in [3.63, 3.8) is 0 Å². The highest BCUT2D eigenvalue weighted by atomic mass is 35.5. The number of hydrogen-bond donors (Lipinski definition) is 2. The van der Waals surface area contributed by atoms with Crippen LogP contribution in [0.5, 0.6) is 17.2 Å². The number of rotatable bonds is 4. The summed E-state index contributed by atoms with van der Waals surface area (Å²) in [6.45, 7) is 1.67. The SMILES string of the molecule is CC(Oc1ccccc1Cl)C(=O)NNC(=O)c1ccc2c(c1)OCO2. The molecule has 1 aliphatic heterocycles. The summed E-state index contributed by atoms with van der Waals surface area (Å²) >= 11 is 5.98. The number of halogens is 1. The Morgan fingerprint density at radius 3 is 2.68 bits per heavy atom. The fourth-order valence-electron chi connectivity index (χ4n) is 2.11. The molecule has 0 radical (unpaired) electrons. The number of nitrogens with one attached hydrogen (secondary N) is 2. The van der Waals surface area contributed by atoms with E-state index in [2.05, 4.69) is 10.9 Å². The molecule has 0 fully saturated rings. The Morgan fingerprint density at radius 1 is 1.12 bits per heavy atom. The number of fused-ring (bicyclic) bond motifs is 1. The minimum absolute atomic E-state index is 0.119. The molecule has 8 heteroatoms. The van der Waals surface area contributed by atoms with E-state index in [9.17, 15) is 9.59 Å². The number of carbonyl (C=O) groups excluding carboxylic acids is 2.